The first-order chi connectivity index (χ1) is 9.60. The molecule has 5 nitrogen and oxygen atoms in total. The highest BCUT2D eigenvalue weighted by Gasteiger charge is 2.10. The fraction of sp³-hybridized carbons (Fsp3) is 0.500. The first-order valence-corrected chi connectivity index (χ1v) is 6.95. The number of methoxy groups -OCH3 is 1. The van der Waals surface area contributed by atoms with Crippen LogP contribution in [0.3, 0.4) is 0 Å². The lowest BCUT2D eigenvalue weighted by Crippen LogP contribution is -2.35. The lowest BCUT2D eigenvalue weighted by atomic mass is 10.3. The molecular formula is C14H21ClN2O3. The minimum absolute atomic E-state index is 0.0433. The van der Waals surface area contributed by atoms with Crippen molar-refractivity contribution in [2.24, 2.45) is 0 Å². The molecule has 0 aliphatic heterocycles. The Morgan fingerprint density at radius 3 is 2.75 bits per heavy atom. The van der Waals surface area contributed by atoms with E-state index in [1.54, 1.807) is 18.2 Å². The number of halogens is 1. The topological polar surface area (TPSA) is 61.8 Å². The lowest BCUT2D eigenvalue weighted by Gasteiger charge is -2.19. The van der Waals surface area contributed by atoms with Gasteiger partial charge in [-0.3, -0.25) is 9.69 Å². The Morgan fingerprint density at radius 2 is 2.20 bits per heavy atom. The third-order valence-electron chi connectivity index (χ3n) is 2.76. The number of rotatable bonds is 8. The summed E-state index contributed by atoms with van der Waals surface area (Å²) < 4.78 is 5.05. The fourth-order valence-electron chi connectivity index (χ4n) is 1.88. The molecule has 112 valence electrons. The zero-order valence-corrected chi connectivity index (χ0v) is 12.6. The number of aliphatic hydroxyl groups excluding tert-OH is 1. The molecule has 0 bridgehead atoms. The van der Waals surface area contributed by atoms with Crippen molar-refractivity contribution in [3.05, 3.63) is 23.2 Å². The summed E-state index contributed by atoms with van der Waals surface area (Å²) in [4.78, 5) is 13.8. The average molecular weight is 301 g/mol. The third-order valence-corrected chi connectivity index (χ3v) is 3.05. The van der Waals surface area contributed by atoms with Crippen molar-refractivity contribution in [2.45, 2.75) is 13.3 Å². The molecule has 6 heteroatoms. The predicted octanol–water partition coefficient (Wildman–Crippen LogP) is 1.99. The summed E-state index contributed by atoms with van der Waals surface area (Å²) in [6.45, 7) is 3.59. The van der Waals surface area contributed by atoms with Crippen LogP contribution < -0.4 is 10.1 Å². The molecule has 0 fully saturated rings. The predicted molar refractivity (Wildman–Crippen MR) is 80.5 cm³/mol. The van der Waals surface area contributed by atoms with Crippen molar-refractivity contribution in [3.8, 4) is 5.75 Å². The molecule has 2 N–H and O–H groups in total. The second kappa shape index (κ2) is 8.79. The molecular weight excluding hydrogens is 280 g/mol. The molecule has 1 rings (SSSR count). The SMILES string of the molecule is CCCN(CCO)CC(=O)Nc1ccc(OC)c(Cl)c1. The van der Waals surface area contributed by atoms with Gasteiger partial charge < -0.3 is 15.2 Å². The van der Waals surface area contributed by atoms with Crippen LogP contribution in [-0.2, 0) is 4.79 Å². The van der Waals surface area contributed by atoms with Gasteiger partial charge in [-0.2, -0.15) is 0 Å². The van der Waals surface area contributed by atoms with Gasteiger partial charge in [0.2, 0.25) is 5.91 Å². The number of ether oxygens (including phenoxy) is 1. The molecule has 0 atom stereocenters. The summed E-state index contributed by atoms with van der Waals surface area (Å²) in [5.41, 5.74) is 0.626. The maximum Gasteiger partial charge on any atom is 0.238 e. The van der Waals surface area contributed by atoms with Gasteiger partial charge in [0.05, 0.1) is 25.3 Å². The molecule has 1 amide bonds. The number of carbonyl (C=O) groups is 1. The van der Waals surface area contributed by atoms with E-state index in [0.717, 1.165) is 13.0 Å². The normalized spacial score (nSPS) is 10.7. The van der Waals surface area contributed by atoms with Gasteiger partial charge in [-0.15, -0.1) is 0 Å². The molecule has 1 aromatic rings. The standard InChI is InChI=1S/C14H21ClN2O3/c1-3-6-17(7-8-18)10-14(19)16-11-4-5-13(20-2)12(15)9-11/h4-5,9,18H,3,6-8,10H2,1-2H3,(H,16,19). The minimum atomic E-state index is -0.131. The number of amides is 1. The molecule has 0 aliphatic carbocycles. The van der Waals surface area contributed by atoms with Gasteiger partial charge in [0, 0.05) is 12.2 Å². The second-order valence-corrected chi connectivity index (χ2v) is 4.80. The Bertz CT molecular complexity index is 434. The Balaban J connectivity index is 2.58. The maximum absolute atomic E-state index is 11.9. The van der Waals surface area contributed by atoms with E-state index in [0.29, 0.717) is 23.0 Å². The van der Waals surface area contributed by atoms with Crippen LogP contribution in [0.1, 0.15) is 13.3 Å². The smallest absolute Gasteiger partial charge is 0.238 e. The average Bonchev–Trinajstić information content (AvgIpc) is 2.39. The van der Waals surface area contributed by atoms with Crippen molar-refractivity contribution in [1.82, 2.24) is 4.90 Å². The molecule has 0 aromatic heterocycles. The number of nitrogens with one attached hydrogen (secondary N) is 1. The van der Waals surface area contributed by atoms with Crippen LogP contribution in [0, 0.1) is 0 Å². The quantitative estimate of drug-likeness (QED) is 0.771. The van der Waals surface area contributed by atoms with E-state index >= 15 is 0 Å². The van der Waals surface area contributed by atoms with Crippen LogP contribution in [0.15, 0.2) is 18.2 Å². The molecule has 0 spiro atoms. The van der Waals surface area contributed by atoms with Gasteiger partial charge in [0.1, 0.15) is 5.75 Å². The van der Waals surface area contributed by atoms with Crippen molar-refractivity contribution in [1.29, 1.82) is 0 Å². The first kappa shape index (κ1) is 16.8. The highest BCUT2D eigenvalue weighted by Crippen LogP contribution is 2.27. The Kier molecular flexibility index (Phi) is 7.36. The van der Waals surface area contributed by atoms with Gasteiger partial charge in [0.15, 0.2) is 0 Å². The number of hydrogen-bond acceptors (Lipinski definition) is 4. The van der Waals surface area contributed by atoms with E-state index in [2.05, 4.69) is 5.32 Å². The van der Waals surface area contributed by atoms with Crippen LogP contribution >= 0.6 is 11.6 Å². The minimum Gasteiger partial charge on any atom is -0.495 e. The zero-order chi connectivity index (χ0) is 15.0. The molecule has 20 heavy (non-hydrogen) atoms. The van der Waals surface area contributed by atoms with Crippen molar-refractivity contribution < 1.29 is 14.6 Å². The van der Waals surface area contributed by atoms with E-state index in [9.17, 15) is 4.79 Å². The van der Waals surface area contributed by atoms with E-state index < -0.39 is 0 Å². The maximum atomic E-state index is 11.9. The highest BCUT2D eigenvalue weighted by molar-refractivity contribution is 6.32. The second-order valence-electron chi connectivity index (χ2n) is 4.40. The van der Waals surface area contributed by atoms with Crippen LogP contribution in [0.5, 0.6) is 5.75 Å². The van der Waals surface area contributed by atoms with Gasteiger partial charge in [-0.25, -0.2) is 0 Å². The molecule has 0 radical (unpaired) electrons. The van der Waals surface area contributed by atoms with Gasteiger partial charge >= 0.3 is 0 Å². The summed E-state index contributed by atoms with van der Waals surface area (Å²) in [5, 5.41) is 12.2. The van der Waals surface area contributed by atoms with E-state index in [4.69, 9.17) is 21.4 Å². The number of anilines is 1. The van der Waals surface area contributed by atoms with Crippen molar-refractivity contribution in [3.63, 3.8) is 0 Å². The van der Waals surface area contributed by atoms with Crippen LogP contribution in [-0.4, -0.2) is 49.3 Å². The fourth-order valence-corrected chi connectivity index (χ4v) is 2.13. The van der Waals surface area contributed by atoms with E-state index in [1.165, 1.54) is 7.11 Å². The molecule has 0 aliphatic rings. The monoisotopic (exact) mass is 300 g/mol. The number of benzene rings is 1. The van der Waals surface area contributed by atoms with Crippen molar-refractivity contribution in [2.75, 3.05) is 38.7 Å². The number of nitrogens with zero attached hydrogens (tertiary/aromatic N) is 1. The number of aliphatic hydroxyl groups is 1. The molecule has 0 saturated heterocycles. The van der Waals surface area contributed by atoms with Gasteiger partial charge in [-0.1, -0.05) is 18.5 Å². The molecule has 0 heterocycles. The summed E-state index contributed by atoms with van der Waals surface area (Å²) in [6.07, 6.45) is 0.932. The molecule has 0 unspecified atom stereocenters. The summed E-state index contributed by atoms with van der Waals surface area (Å²) >= 11 is 6.00. The molecule has 0 saturated carbocycles. The van der Waals surface area contributed by atoms with Gasteiger partial charge in [0.25, 0.3) is 0 Å². The molecule has 1 aromatic carbocycles. The third kappa shape index (κ3) is 5.36. The number of hydrogen-bond donors (Lipinski definition) is 2. The highest BCUT2D eigenvalue weighted by atomic mass is 35.5. The Hall–Kier alpha value is -1.30. The summed E-state index contributed by atoms with van der Waals surface area (Å²) in [5.74, 6) is 0.436. The summed E-state index contributed by atoms with van der Waals surface area (Å²) in [6, 6.07) is 5.09. The van der Waals surface area contributed by atoms with Crippen LogP contribution in [0.25, 0.3) is 0 Å². The van der Waals surface area contributed by atoms with E-state index in [-0.39, 0.29) is 19.1 Å². The number of carbonyl (C=O) groups excluding carboxylic acids is 1. The largest absolute Gasteiger partial charge is 0.495 e. The van der Waals surface area contributed by atoms with E-state index in [1.807, 2.05) is 11.8 Å². The van der Waals surface area contributed by atoms with Gasteiger partial charge in [-0.05, 0) is 31.2 Å². The Morgan fingerprint density at radius 1 is 1.45 bits per heavy atom. The van der Waals surface area contributed by atoms with Crippen molar-refractivity contribution >= 4 is 23.2 Å². The van der Waals surface area contributed by atoms with Crippen LogP contribution in [0.4, 0.5) is 5.69 Å². The zero-order valence-electron chi connectivity index (χ0n) is 11.9. The first-order valence-electron chi connectivity index (χ1n) is 6.57. The Labute approximate surface area is 124 Å². The lowest BCUT2D eigenvalue weighted by molar-refractivity contribution is -0.117. The van der Waals surface area contributed by atoms with Crippen LogP contribution in [0.2, 0.25) is 5.02 Å². The summed E-state index contributed by atoms with van der Waals surface area (Å²) in [7, 11) is 1.54.